The molecule has 51 heavy (non-hydrogen) atoms. The van der Waals surface area contributed by atoms with Crippen LogP contribution in [-0.2, 0) is 73.1 Å². The zero-order valence-corrected chi connectivity index (χ0v) is 27.3. The number of amides is 5. The summed E-state index contributed by atoms with van der Waals surface area (Å²) in [5, 5.41) is 65.4. The fourth-order valence-electron chi connectivity index (χ4n) is 9.98. The van der Waals surface area contributed by atoms with E-state index in [0.29, 0.717) is 107 Å². The molecule has 5 aliphatic rings. The number of benzene rings is 5. The second-order valence-corrected chi connectivity index (χ2v) is 13.9. The monoisotopic (exact) mass is 738 g/mol. The first kappa shape index (κ1) is 30.9. The predicted molar refractivity (Wildman–Crippen MR) is 175 cm³/mol. The molecule has 0 spiro atoms. The zero-order valence-electron chi connectivity index (χ0n) is 26.4. The number of anilines is 5. The molecule has 261 valence electrons. The van der Waals surface area contributed by atoms with Crippen molar-refractivity contribution in [1.82, 2.24) is 0 Å². The van der Waals surface area contributed by atoms with E-state index in [1.54, 1.807) is 0 Å². The second kappa shape index (κ2) is 9.68. The van der Waals surface area contributed by atoms with Crippen LogP contribution in [0.5, 0.6) is 0 Å². The van der Waals surface area contributed by atoms with Gasteiger partial charge in [-0.15, -0.1) is 0 Å². The average Bonchev–Trinajstić information content (AvgIpc) is 3.45. The Labute approximate surface area is 295 Å². The molecule has 0 unspecified atom stereocenters. The van der Waals surface area contributed by atoms with Crippen molar-refractivity contribution in [2.24, 2.45) is 0 Å². The van der Waals surface area contributed by atoms with Crippen LogP contribution in [0.3, 0.4) is 0 Å². The SMILES string of the molecule is O=C1CCc2c(c3c4c(c5c6c(c7c8c(c9c%10c(c2c2c3c5c7c92)N(O)C(=O)CC%10)N(O)C(=O)CC8)N(O)C(=O)CC6)N(O)C(=O)CC4)N1O.[Cu]. The Kier molecular flexibility index (Phi) is 5.86. The Morgan fingerprint density at radius 1 is 0.275 bits per heavy atom. The van der Waals surface area contributed by atoms with E-state index < -0.39 is 29.5 Å². The van der Waals surface area contributed by atoms with Gasteiger partial charge in [-0.2, -0.15) is 25.3 Å². The molecule has 16 heteroatoms. The summed E-state index contributed by atoms with van der Waals surface area (Å²) >= 11 is 0. The van der Waals surface area contributed by atoms with Crippen LogP contribution in [0.4, 0.5) is 28.4 Å². The van der Waals surface area contributed by atoms with E-state index in [4.69, 9.17) is 0 Å². The number of carbonyl (C=O) groups excluding carboxylic acids is 5. The van der Waals surface area contributed by atoms with Crippen LogP contribution in [0, 0.1) is 0 Å². The Morgan fingerprint density at radius 2 is 0.431 bits per heavy atom. The van der Waals surface area contributed by atoms with Crippen LogP contribution in [-0.4, -0.2) is 55.6 Å². The van der Waals surface area contributed by atoms with Crippen molar-refractivity contribution in [3.63, 3.8) is 0 Å². The van der Waals surface area contributed by atoms with Gasteiger partial charge in [0.15, 0.2) is 0 Å². The van der Waals surface area contributed by atoms with Crippen molar-refractivity contribution >= 4 is 112 Å². The number of nitrogens with zero attached hydrogens (tertiary/aromatic N) is 5. The molecule has 0 saturated heterocycles. The van der Waals surface area contributed by atoms with Gasteiger partial charge < -0.3 is 0 Å². The van der Waals surface area contributed by atoms with E-state index in [1.807, 2.05) is 0 Å². The first-order chi connectivity index (χ1) is 24.0. The summed E-state index contributed by atoms with van der Waals surface area (Å²) < 4.78 is 0. The molecule has 5 aliphatic heterocycles. The Balaban J connectivity index is 0.00000327. The summed E-state index contributed by atoms with van der Waals surface area (Å²) in [5.74, 6) is -2.92. The molecule has 0 atom stereocenters. The molecular weight excluding hydrogens is 714 g/mol. The standard InChI is InChI=1S/C35H25N5O10.Cu/c41-16-6-1-11-21-26-27-22(31(11)36(16)46)12-2-7-18(43)38(48)33(12)24-14-4-9-20(45)40(50)35(14)25-15-5-10-19(44)39(49)34(15)23(28(26)30(25)29(24)27)13-3-8-17(42)37(47)32(13)21;/h46-50H,1-10H2;. The van der Waals surface area contributed by atoms with Crippen molar-refractivity contribution in [3.05, 3.63) is 27.8 Å². The summed E-state index contributed by atoms with van der Waals surface area (Å²) in [5.41, 5.74) is 2.93. The molecule has 5 N–H and O–H groups in total. The molecule has 5 amide bonds. The summed E-state index contributed by atoms with van der Waals surface area (Å²) in [7, 11) is 0. The van der Waals surface area contributed by atoms with Crippen molar-refractivity contribution in [1.29, 1.82) is 0 Å². The van der Waals surface area contributed by atoms with E-state index >= 15 is 0 Å². The van der Waals surface area contributed by atoms with Crippen LogP contribution in [0.1, 0.15) is 59.9 Å². The molecule has 0 bridgehead atoms. The van der Waals surface area contributed by atoms with Gasteiger partial charge in [-0.3, -0.25) is 50.0 Å². The number of hydrogen-bond donors (Lipinski definition) is 5. The molecule has 0 saturated carbocycles. The van der Waals surface area contributed by atoms with Gasteiger partial charge in [-0.1, -0.05) is 0 Å². The largest absolute Gasteiger partial charge is 0.281 e. The first-order valence-electron chi connectivity index (χ1n) is 16.5. The quantitative estimate of drug-likeness (QED) is 0.0858. The summed E-state index contributed by atoms with van der Waals surface area (Å²) in [4.78, 5) is 66.1. The number of rotatable bonds is 0. The molecule has 0 aromatic heterocycles. The van der Waals surface area contributed by atoms with Crippen LogP contribution in [0.25, 0.3) is 53.9 Å². The van der Waals surface area contributed by atoms with Crippen molar-refractivity contribution in [2.75, 3.05) is 25.3 Å². The molecule has 5 heterocycles. The third-order valence-corrected chi connectivity index (χ3v) is 11.8. The number of carbonyl (C=O) groups is 5. The smallest absolute Gasteiger partial charge is 0.251 e. The van der Waals surface area contributed by atoms with Gasteiger partial charge in [0.05, 0.1) is 28.4 Å². The average molecular weight is 739 g/mol. The molecule has 11 rings (SSSR count). The Morgan fingerprint density at radius 3 is 0.588 bits per heavy atom. The minimum absolute atomic E-state index is 0. The van der Waals surface area contributed by atoms with E-state index in [2.05, 4.69) is 0 Å². The zero-order chi connectivity index (χ0) is 34.4. The maximum atomic E-state index is 13.2. The van der Waals surface area contributed by atoms with Crippen LogP contribution < -0.4 is 25.3 Å². The first-order valence-corrected chi connectivity index (χ1v) is 16.5. The van der Waals surface area contributed by atoms with Crippen LogP contribution >= 0.6 is 0 Å². The topological polar surface area (TPSA) is 203 Å². The van der Waals surface area contributed by atoms with Crippen molar-refractivity contribution in [3.8, 4) is 0 Å². The number of aryl methyl sites for hydroxylation is 5. The second-order valence-electron chi connectivity index (χ2n) is 13.9. The van der Waals surface area contributed by atoms with Crippen molar-refractivity contribution < 1.29 is 67.1 Å². The van der Waals surface area contributed by atoms with Gasteiger partial charge >= 0.3 is 0 Å². The van der Waals surface area contributed by atoms with E-state index in [-0.39, 0.29) is 110 Å². The van der Waals surface area contributed by atoms with E-state index in [0.717, 1.165) is 0 Å². The Hall–Kier alpha value is -4.93. The fourth-order valence-corrected chi connectivity index (χ4v) is 9.98. The van der Waals surface area contributed by atoms with E-state index in [9.17, 15) is 50.0 Å². The fraction of sp³-hybridized carbons (Fsp3) is 0.286. The summed E-state index contributed by atoms with van der Waals surface area (Å²) in [6.07, 6.45) is 0.156. The minimum Gasteiger partial charge on any atom is -0.281 e. The normalized spacial score (nSPS) is 19.3. The third-order valence-electron chi connectivity index (χ3n) is 11.8. The van der Waals surface area contributed by atoms with Gasteiger partial charge in [-0.25, -0.2) is 0 Å². The maximum absolute atomic E-state index is 13.2. The van der Waals surface area contributed by atoms with Crippen LogP contribution in [0.15, 0.2) is 0 Å². The van der Waals surface area contributed by atoms with Gasteiger partial charge in [0.1, 0.15) is 0 Å². The number of hydrogen-bond acceptors (Lipinski definition) is 10. The molecule has 15 nitrogen and oxygen atoms in total. The molecule has 0 fully saturated rings. The third kappa shape index (κ3) is 3.26. The number of hydroxylamine groups is 5. The summed E-state index contributed by atoms with van der Waals surface area (Å²) in [6, 6.07) is 0. The maximum Gasteiger partial charge on any atom is 0.251 e. The van der Waals surface area contributed by atoms with Gasteiger partial charge in [0.2, 0.25) is 0 Å². The molecule has 6 aromatic carbocycles. The minimum atomic E-state index is -0.585. The van der Waals surface area contributed by atoms with E-state index in [1.165, 1.54) is 0 Å². The predicted octanol–water partition coefficient (Wildman–Crippen LogP) is 4.11. The van der Waals surface area contributed by atoms with Crippen LogP contribution in [0.2, 0.25) is 0 Å². The van der Waals surface area contributed by atoms with Crippen molar-refractivity contribution in [2.45, 2.75) is 64.2 Å². The number of fused-ring (bicyclic) bond motifs is 15. The van der Waals surface area contributed by atoms with Gasteiger partial charge in [0.25, 0.3) is 29.5 Å². The summed E-state index contributed by atoms with van der Waals surface area (Å²) in [6.45, 7) is 0. The molecule has 6 aromatic rings. The van der Waals surface area contributed by atoms with Gasteiger partial charge in [0, 0.05) is 103 Å². The molecular formula is C35H25CuN5O10. The molecule has 1 radical (unpaired) electrons. The Bertz CT molecular complexity index is 2260. The van der Waals surface area contributed by atoms with Gasteiger partial charge in [-0.05, 0) is 59.9 Å². The molecule has 0 aliphatic carbocycles.